The van der Waals surface area contributed by atoms with Crippen molar-refractivity contribution in [2.75, 3.05) is 6.54 Å². The summed E-state index contributed by atoms with van der Waals surface area (Å²) in [6.45, 7) is 2.87. The van der Waals surface area contributed by atoms with Crippen LogP contribution in [-0.2, 0) is 0 Å². The molecule has 1 N–H and O–H groups in total. The number of halogens is 3. The molecule has 1 aromatic carbocycles. The monoisotopic (exact) mass is 317 g/mol. The second-order valence-electron chi connectivity index (χ2n) is 4.19. The Morgan fingerprint density at radius 1 is 1.26 bits per heavy atom. The van der Waals surface area contributed by atoms with Gasteiger partial charge in [0.2, 0.25) is 0 Å². The van der Waals surface area contributed by atoms with Crippen molar-refractivity contribution in [1.82, 2.24) is 5.32 Å². The van der Waals surface area contributed by atoms with Gasteiger partial charge < -0.3 is 5.32 Å². The van der Waals surface area contributed by atoms with Crippen molar-refractivity contribution in [2.45, 2.75) is 19.4 Å². The molecule has 2 rings (SSSR count). The van der Waals surface area contributed by atoms with Gasteiger partial charge in [0.1, 0.15) is 5.82 Å². The van der Waals surface area contributed by atoms with Gasteiger partial charge in [-0.15, -0.1) is 11.3 Å². The van der Waals surface area contributed by atoms with E-state index in [1.54, 1.807) is 12.1 Å². The SMILES string of the molecule is CCCNC(c1ccc(Cl)s1)c1cc(Cl)ccc1F. The van der Waals surface area contributed by atoms with Crippen LogP contribution in [0.4, 0.5) is 4.39 Å². The highest BCUT2D eigenvalue weighted by Gasteiger charge is 2.19. The van der Waals surface area contributed by atoms with E-state index in [4.69, 9.17) is 23.2 Å². The number of hydrogen-bond donors (Lipinski definition) is 1. The number of benzene rings is 1. The first-order valence-electron chi connectivity index (χ1n) is 6.05. The third kappa shape index (κ3) is 3.69. The number of thiophene rings is 1. The van der Waals surface area contributed by atoms with E-state index in [1.807, 2.05) is 12.1 Å². The fourth-order valence-electron chi connectivity index (χ4n) is 1.87. The van der Waals surface area contributed by atoms with E-state index in [1.165, 1.54) is 17.4 Å². The molecule has 1 unspecified atom stereocenters. The zero-order chi connectivity index (χ0) is 13.8. The standard InChI is InChI=1S/C14H14Cl2FNS/c1-2-7-18-14(12-5-6-13(16)19-12)10-8-9(15)3-4-11(10)17/h3-6,8,14,18H,2,7H2,1H3. The van der Waals surface area contributed by atoms with Crippen LogP contribution in [0.15, 0.2) is 30.3 Å². The molecule has 102 valence electrons. The van der Waals surface area contributed by atoms with E-state index in [0.29, 0.717) is 14.9 Å². The molecule has 0 fully saturated rings. The smallest absolute Gasteiger partial charge is 0.128 e. The molecule has 0 aliphatic heterocycles. The first-order chi connectivity index (χ1) is 9.11. The highest BCUT2D eigenvalue weighted by molar-refractivity contribution is 7.16. The lowest BCUT2D eigenvalue weighted by Crippen LogP contribution is -2.23. The van der Waals surface area contributed by atoms with E-state index in [2.05, 4.69) is 12.2 Å². The maximum absolute atomic E-state index is 14.0. The van der Waals surface area contributed by atoms with Crippen LogP contribution in [-0.4, -0.2) is 6.54 Å². The van der Waals surface area contributed by atoms with Gasteiger partial charge in [-0.3, -0.25) is 0 Å². The zero-order valence-corrected chi connectivity index (χ0v) is 12.7. The third-order valence-electron chi connectivity index (χ3n) is 2.75. The van der Waals surface area contributed by atoms with Crippen molar-refractivity contribution in [2.24, 2.45) is 0 Å². The number of hydrogen-bond acceptors (Lipinski definition) is 2. The molecule has 0 saturated heterocycles. The van der Waals surface area contributed by atoms with Gasteiger partial charge in [-0.25, -0.2) is 4.39 Å². The summed E-state index contributed by atoms with van der Waals surface area (Å²) in [5.74, 6) is -0.262. The molecule has 0 bridgehead atoms. The highest BCUT2D eigenvalue weighted by Crippen LogP contribution is 2.33. The van der Waals surface area contributed by atoms with Crippen molar-refractivity contribution in [3.8, 4) is 0 Å². The molecule has 1 heterocycles. The second-order valence-corrected chi connectivity index (χ2v) is 6.38. The summed E-state index contributed by atoms with van der Waals surface area (Å²) in [7, 11) is 0. The first-order valence-corrected chi connectivity index (χ1v) is 7.62. The topological polar surface area (TPSA) is 12.0 Å². The first kappa shape index (κ1) is 14.8. The van der Waals surface area contributed by atoms with Crippen LogP contribution in [0.5, 0.6) is 0 Å². The van der Waals surface area contributed by atoms with Crippen molar-refractivity contribution < 1.29 is 4.39 Å². The van der Waals surface area contributed by atoms with Gasteiger partial charge in [-0.2, -0.15) is 0 Å². The molecular weight excluding hydrogens is 304 g/mol. The third-order valence-corrected chi connectivity index (χ3v) is 4.28. The lowest BCUT2D eigenvalue weighted by Gasteiger charge is -2.18. The van der Waals surface area contributed by atoms with Crippen LogP contribution in [0.3, 0.4) is 0 Å². The Hall–Kier alpha value is -0.610. The van der Waals surface area contributed by atoms with Crippen LogP contribution in [0, 0.1) is 5.82 Å². The molecule has 1 aromatic heterocycles. The maximum atomic E-state index is 14.0. The summed E-state index contributed by atoms with van der Waals surface area (Å²) in [6.07, 6.45) is 0.970. The van der Waals surface area contributed by atoms with E-state index in [-0.39, 0.29) is 11.9 Å². The van der Waals surface area contributed by atoms with Gasteiger partial charge in [0.05, 0.1) is 10.4 Å². The molecule has 0 aliphatic carbocycles. The molecular formula is C14H14Cl2FNS. The van der Waals surface area contributed by atoms with E-state index < -0.39 is 0 Å². The molecule has 1 atom stereocenters. The quantitative estimate of drug-likeness (QED) is 0.790. The van der Waals surface area contributed by atoms with Gasteiger partial charge in [-0.1, -0.05) is 30.1 Å². The average molecular weight is 318 g/mol. The number of nitrogens with one attached hydrogen (secondary N) is 1. The Bertz CT molecular complexity index is 556. The minimum atomic E-state index is -0.262. The van der Waals surface area contributed by atoms with Gasteiger partial charge in [0, 0.05) is 15.5 Å². The summed E-state index contributed by atoms with van der Waals surface area (Å²) < 4.78 is 14.7. The Morgan fingerprint density at radius 2 is 2.05 bits per heavy atom. The van der Waals surface area contributed by atoms with Gasteiger partial charge in [0.15, 0.2) is 0 Å². The predicted octanol–water partition coefficient (Wildman–Crippen LogP) is 5.28. The molecule has 0 saturated carbocycles. The molecule has 1 nitrogen and oxygen atoms in total. The molecule has 2 aromatic rings. The van der Waals surface area contributed by atoms with Crippen LogP contribution in [0.2, 0.25) is 9.36 Å². The summed E-state index contributed by atoms with van der Waals surface area (Å²) >= 11 is 13.4. The summed E-state index contributed by atoms with van der Waals surface area (Å²) in [4.78, 5) is 0.986. The minimum Gasteiger partial charge on any atom is -0.306 e. The largest absolute Gasteiger partial charge is 0.306 e. The van der Waals surface area contributed by atoms with Crippen LogP contribution < -0.4 is 5.32 Å². The lowest BCUT2D eigenvalue weighted by atomic mass is 10.0. The molecule has 0 amide bonds. The molecule has 0 spiro atoms. The van der Waals surface area contributed by atoms with Crippen molar-refractivity contribution in [3.05, 3.63) is 55.9 Å². The zero-order valence-electron chi connectivity index (χ0n) is 10.4. The Balaban J connectivity index is 2.39. The summed E-state index contributed by atoms with van der Waals surface area (Å²) in [5, 5.41) is 3.87. The molecule has 5 heteroatoms. The van der Waals surface area contributed by atoms with Crippen LogP contribution in [0.25, 0.3) is 0 Å². The van der Waals surface area contributed by atoms with Crippen molar-refractivity contribution in [3.63, 3.8) is 0 Å². The summed E-state index contributed by atoms with van der Waals surface area (Å²) in [6, 6.07) is 8.14. The maximum Gasteiger partial charge on any atom is 0.128 e. The number of rotatable bonds is 5. The van der Waals surface area contributed by atoms with Gasteiger partial charge in [0.25, 0.3) is 0 Å². The van der Waals surface area contributed by atoms with E-state index in [9.17, 15) is 4.39 Å². The molecule has 0 radical (unpaired) electrons. The summed E-state index contributed by atoms with van der Waals surface area (Å²) in [5.41, 5.74) is 0.555. The fraction of sp³-hybridized carbons (Fsp3) is 0.286. The molecule has 0 aliphatic rings. The fourth-order valence-corrected chi connectivity index (χ4v) is 3.21. The van der Waals surface area contributed by atoms with E-state index >= 15 is 0 Å². The van der Waals surface area contributed by atoms with Gasteiger partial charge >= 0.3 is 0 Å². The van der Waals surface area contributed by atoms with Crippen LogP contribution >= 0.6 is 34.5 Å². The molecule has 19 heavy (non-hydrogen) atoms. The lowest BCUT2D eigenvalue weighted by molar-refractivity contribution is 0.551. The predicted molar refractivity (Wildman–Crippen MR) is 80.9 cm³/mol. The average Bonchev–Trinajstić information content (AvgIpc) is 2.80. The minimum absolute atomic E-state index is 0.212. The normalized spacial score (nSPS) is 12.6. The van der Waals surface area contributed by atoms with E-state index in [0.717, 1.165) is 17.8 Å². The Labute approximate surface area is 126 Å². The van der Waals surface area contributed by atoms with Crippen LogP contribution in [0.1, 0.15) is 29.8 Å². The second kappa shape index (κ2) is 6.71. The Morgan fingerprint density at radius 3 is 2.68 bits per heavy atom. The van der Waals surface area contributed by atoms with Crippen molar-refractivity contribution in [1.29, 1.82) is 0 Å². The Kier molecular flexibility index (Phi) is 5.22. The van der Waals surface area contributed by atoms with Crippen molar-refractivity contribution >= 4 is 34.5 Å². The highest BCUT2D eigenvalue weighted by atomic mass is 35.5. The van der Waals surface area contributed by atoms with Gasteiger partial charge in [-0.05, 0) is 43.3 Å².